The summed E-state index contributed by atoms with van der Waals surface area (Å²) in [6.45, 7) is 0.668. The quantitative estimate of drug-likeness (QED) is 0.895. The van der Waals surface area contributed by atoms with Crippen LogP contribution in [-0.2, 0) is 6.54 Å². The lowest BCUT2D eigenvalue weighted by atomic mass is 10.2. The van der Waals surface area contributed by atoms with Gasteiger partial charge in [-0.05, 0) is 30.3 Å². The fourth-order valence-electron chi connectivity index (χ4n) is 1.42. The van der Waals surface area contributed by atoms with Crippen LogP contribution in [-0.4, -0.2) is 0 Å². The Labute approximate surface area is 104 Å². The Morgan fingerprint density at radius 3 is 2.71 bits per heavy atom. The van der Waals surface area contributed by atoms with Crippen LogP contribution in [0.25, 0.3) is 0 Å². The van der Waals surface area contributed by atoms with E-state index >= 15 is 0 Å². The molecule has 0 aliphatic carbocycles. The fraction of sp³-hybridized carbons (Fsp3) is 0.0769. The highest BCUT2D eigenvalue weighted by molar-refractivity contribution is 7.12. The molecule has 1 N–H and O–H groups in total. The summed E-state index contributed by atoms with van der Waals surface area (Å²) in [7, 11) is 0. The van der Waals surface area contributed by atoms with Gasteiger partial charge in [0.2, 0.25) is 0 Å². The van der Waals surface area contributed by atoms with Crippen LogP contribution < -0.4 is 5.32 Å². The van der Waals surface area contributed by atoms with Crippen LogP contribution in [0.4, 0.5) is 5.69 Å². The topological polar surface area (TPSA) is 59.6 Å². The Balaban J connectivity index is 2.03. The van der Waals surface area contributed by atoms with Crippen LogP contribution in [0.1, 0.15) is 15.3 Å². The maximum atomic E-state index is 8.77. The summed E-state index contributed by atoms with van der Waals surface area (Å²) in [6, 6.07) is 15.3. The number of rotatable bonds is 3. The van der Waals surface area contributed by atoms with E-state index in [9.17, 15) is 0 Å². The minimum absolute atomic E-state index is 0.638. The molecule has 1 aromatic heterocycles. The molecule has 0 aliphatic heterocycles. The second kappa shape index (κ2) is 5.16. The second-order valence-corrected chi connectivity index (χ2v) is 4.59. The molecule has 1 aromatic carbocycles. The van der Waals surface area contributed by atoms with Crippen LogP contribution in [0.2, 0.25) is 0 Å². The van der Waals surface area contributed by atoms with Gasteiger partial charge in [-0.3, -0.25) is 0 Å². The molecule has 4 heteroatoms. The Morgan fingerprint density at radius 2 is 2.00 bits per heavy atom. The lowest BCUT2D eigenvalue weighted by molar-refractivity contribution is 1.19. The first-order valence-corrected chi connectivity index (χ1v) is 5.86. The predicted octanol–water partition coefficient (Wildman–Crippen LogP) is 3.10. The van der Waals surface area contributed by atoms with E-state index in [1.54, 1.807) is 12.1 Å². The molecular weight excluding hydrogens is 230 g/mol. The summed E-state index contributed by atoms with van der Waals surface area (Å²) < 4.78 is 0. The Hall–Kier alpha value is -2.30. The Kier molecular flexibility index (Phi) is 3.40. The standard InChI is InChI=1S/C13H9N3S/c14-7-10-2-1-3-11(6-10)16-9-13-5-4-12(8-15)17-13/h1-6,16H,9H2. The zero-order valence-electron chi connectivity index (χ0n) is 8.97. The lowest BCUT2D eigenvalue weighted by Crippen LogP contribution is -1.97. The molecule has 17 heavy (non-hydrogen) atoms. The van der Waals surface area contributed by atoms with Gasteiger partial charge in [-0.2, -0.15) is 10.5 Å². The maximum absolute atomic E-state index is 8.77. The van der Waals surface area contributed by atoms with Crippen molar-refractivity contribution in [3.8, 4) is 12.1 Å². The number of hydrogen-bond donors (Lipinski definition) is 1. The molecule has 0 saturated carbocycles. The van der Waals surface area contributed by atoms with Crippen LogP contribution in [0.15, 0.2) is 36.4 Å². The van der Waals surface area contributed by atoms with Gasteiger partial charge in [-0.15, -0.1) is 11.3 Å². The Morgan fingerprint density at radius 1 is 1.12 bits per heavy atom. The van der Waals surface area contributed by atoms with Crippen molar-refractivity contribution in [1.82, 2.24) is 0 Å². The van der Waals surface area contributed by atoms with Crippen molar-refractivity contribution in [1.29, 1.82) is 10.5 Å². The number of hydrogen-bond acceptors (Lipinski definition) is 4. The normalized spacial score (nSPS) is 9.29. The molecule has 3 nitrogen and oxygen atoms in total. The van der Waals surface area contributed by atoms with Gasteiger partial charge in [-0.25, -0.2) is 0 Å². The molecule has 0 atom stereocenters. The van der Waals surface area contributed by atoms with E-state index in [0.717, 1.165) is 10.6 Å². The van der Waals surface area contributed by atoms with Gasteiger partial charge in [-0.1, -0.05) is 6.07 Å². The van der Waals surface area contributed by atoms with E-state index in [2.05, 4.69) is 17.5 Å². The number of benzene rings is 1. The Bertz CT molecular complexity index is 602. The molecule has 0 fully saturated rings. The molecular formula is C13H9N3S. The molecule has 0 radical (unpaired) electrons. The average Bonchev–Trinajstić information content (AvgIpc) is 2.84. The highest BCUT2D eigenvalue weighted by Crippen LogP contribution is 2.17. The van der Waals surface area contributed by atoms with Gasteiger partial charge in [0.05, 0.1) is 11.6 Å². The van der Waals surface area contributed by atoms with Crippen LogP contribution in [0.3, 0.4) is 0 Å². The van der Waals surface area contributed by atoms with E-state index in [1.807, 2.05) is 24.3 Å². The van der Waals surface area contributed by atoms with Gasteiger partial charge < -0.3 is 5.32 Å². The van der Waals surface area contributed by atoms with Gasteiger partial charge in [0, 0.05) is 17.1 Å². The van der Waals surface area contributed by atoms with Gasteiger partial charge in [0.25, 0.3) is 0 Å². The first kappa shape index (κ1) is 11.2. The summed E-state index contributed by atoms with van der Waals surface area (Å²) >= 11 is 1.47. The molecule has 0 aliphatic rings. The van der Waals surface area contributed by atoms with Crippen molar-refractivity contribution in [2.45, 2.75) is 6.54 Å². The van der Waals surface area contributed by atoms with Gasteiger partial charge in [0.15, 0.2) is 0 Å². The van der Waals surface area contributed by atoms with E-state index in [-0.39, 0.29) is 0 Å². The number of nitriles is 2. The smallest absolute Gasteiger partial charge is 0.110 e. The van der Waals surface area contributed by atoms with Crippen molar-refractivity contribution in [3.63, 3.8) is 0 Å². The van der Waals surface area contributed by atoms with Crippen molar-refractivity contribution >= 4 is 17.0 Å². The minimum atomic E-state index is 0.638. The zero-order chi connectivity index (χ0) is 12.1. The second-order valence-electron chi connectivity index (χ2n) is 3.42. The van der Waals surface area contributed by atoms with Crippen molar-refractivity contribution in [2.24, 2.45) is 0 Å². The molecule has 2 aromatic rings. The molecule has 1 heterocycles. The molecule has 0 saturated heterocycles. The van der Waals surface area contributed by atoms with Crippen molar-refractivity contribution in [2.75, 3.05) is 5.32 Å². The predicted molar refractivity (Wildman–Crippen MR) is 67.5 cm³/mol. The molecule has 0 unspecified atom stereocenters. The summed E-state index contributed by atoms with van der Waals surface area (Å²) in [5.41, 5.74) is 1.55. The first-order chi connectivity index (χ1) is 8.31. The summed E-state index contributed by atoms with van der Waals surface area (Å²) in [5, 5.41) is 20.7. The van der Waals surface area contributed by atoms with E-state index < -0.39 is 0 Å². The summed E-state index contributed by atoms with van der Waals surface area (Å²) in [6.07, 6.45) is 0. The molecule has 0 amide bonds. The number of thiophene rings is 1. The average molecular weight is 239 g/mol. The third-order valence-corrected chi connectivity index (χ3v) is 3.22. The van der Waals surface area contributed by atoms with Crippen LogP contribution in [0, 0.1) is 22.7 Å². The van der Waals surface area contributed by atoms with Crippen molar-refractivity contribution < 1.29 is 0 Å². The fourth-order valence-corrected chi connectivity index (χ4v) is 2.17. The zero-order valence-corrected chi connectivity index (χ0v) is 9.79. The molecule has 2 rings (SSSR count). The summed E-state index contributed by atoms with van der Waals surface area (Å²) in [4.78, 5) is 1.82. The lowest BCUT2D eigenvalue weighted by Gasteiger charge is -2.04. The molecule has 0 spiro atoms. The van der Waals surface area contributed by atoms with Crippen molar-refractivity contribution in [3.05, 3.63) is 51.7 Å². The summed E-state index contributed by atoms with van der Waals surface area (Å²) in [5.74, 6) is 0. The van der Waals surface area contributed by atoms with E-state index in [4.69, 9.17) is 10.5 Å². The third kappa shape index (κ3) is 2.84. The SMILES string of the molecule is N#Cc1cccc(NCc2ccc(C#N)s2)c1. The number of nitrogens with one attached hydrogen (secondary N) is 1. The monoisotopic (exact) mass is 239 g/mol. The number of nitrogens with zero attached hydrogens (tertiary/aromatic N) is 2. The van der Waals surface area contributed by atoms with Gasteiger partial charge in [0.1, 0.15) is 10.9 Å². The van der Waals surface area contributed by atoms with Crippen LogP contribution >= 0.6 is 11.3 Å². The van der Waals surface area contributed by atoms with E-state index in [1.165, 1.54) is 11.3 Å². The number of anilines is 1. The minimum Gasteiger partial charge on any atom is -0.380 e. The molecule has 0 bridgehead atoms. The first-order valence-electron chi connectivity index (χ1n) is 5.04. The maximum Gasteiger partial charge on any atom is 0.110 e. The highest BCUT2D eigenvalue weighted by Gasteiger charge is 1.99. The van der Waals surface area contributed by atoms with Gasteiger partial charge >= 0.3 is 0 Å². The van der Waals surface area contributed by atoms with E-state index in [0.29, 0.717) is 17.0 Å². The third-order valence-electron chi connectivity index (χ3n) is 2.23. The highest BCUT2D eigenvalue weighted by atomic mass is 32.1. The largest absolute Gasteiger partial charge is 0.380 e. The van der Waals surface area contributed by atoms with Crippen LogP contribution in [0.5, 0.6) is 0 Å². The molecule has 82 valence electrons.